The van der Waals surface area contributed by atoms with Crippen LogP contribution in [0.5, 0.6) is 0 Å². The molecule has 0 heterocycles. The summed E-state index contributed by atoms with van der Waals surface area (Å²) in [5, 5.41) is 2.64. The molecular weight excluding hydrogens is 154 g/mol. The smallest absolute Gasteiger partial charge is 0.312 e. The Bertz CT molecular complexity index is 164. The molecule has 0 aliphatic heterocycles. The third-order valence-electron chi connectivity index (χ3n) is 2.73. The van der Waals surface area contributed by atoms with Gasteiger partial charge in [0.25, 0.3) is 0 Å². The maximum atomic E-state index is 10.5. The third-order valence-corrected chi connectivity index (χ3v) is 2.73. The van der Waals surface area contributed by atoms with Crippen molar-refractivity contribution >= 4 is 6.03 Å². The molecule has 70 valence electrons. The predicted octanol–water partition coefficient (Wildman–Crippen LogP) is 0.174. The highest BCUT2D eigenvalue weighted by Gasteiger charge is 2.32. The monoisotopic (exact) mass is 171 g/mol. The van der Waals surface area contributed by atoms with Crippen LogP contribution >= 0.6 is 0 Å². The number of nitrogens with two attached hydrogens (primary N) is 2. The highest BCUT2D eigenvalue weighted by Crippen LogP contribution is 2.36. The number of hydrogen-bond acceptors (Lipinski definition) is 2. The lowest BCUT2D eigenvalue weighted by Crippen LogP contribution is -2.42. The Morgan fingerprint density at radius 1 is 1.42 bits per heavy atom. The zero-order valence-corrected chi connectivity index (χ0v) is 7.31. The van der Waals surface area contributed by atoms with Crippen molar-refractivity contribution in [1.82, 2.24) is 5.32 Å². The zero-order valence-electron chi connectivity index (χ0n) is 7.31. The first-order chi connectivity index (χ1) is 5.68. The summed E-state index contributed by atoms with van der Waals surface area (Å²) >= 11 is 0. The standard InChI is InChI=1S/C8H17N3O/c9-5-8(3-1-2-4-8)6-11-7(10)12/h1-6,9H2,(H3,10,11,12). The Hall–Kier alpha value is -0.770. The molecule has 2 amide bonds. The fourth-order valence-corrected chi connectivity index (χ4v) is 1.85. The van der Waals surface area contributed by atoms with Crippen LogP contribution in [0.4, 0.5) is 4.79 Å². The summed E-state index contributed by atoms with van der Waals surface area (Å²) in [7, 11) is 0. The van der Waals surface area contributed by atoms with E-state index in [-0.39, 0.29) is 5.41 Å². The van der Waals surface area contributed by atoms with Gasteiger partial charge in [0.15, 0.2) is 0 Å². The fourth-order valence-electron chi connectivity index (χ4n) is 1.85. The van der Waals surface area contributed by atoms with Crippen LogP contribution < -0.4 is 16.8 Å². The summed E-state index contributed by atoms with van der Waals surface area (Å²) < 4.78 is 0. The highest BCUT2D eigenvalue weighted by atomic mass is 16.2. The molecule has 1 fully saturated rings. The maximum Gasteiger partial charge on any atom is 0.312 e. The van der Waals surface area contributed by atoms with E-state index in [1.54, 1.807) is 0 Å². The van der Waals surface area contributed by atoms with Gasteiger partial charge in [-0.2, -0.15) is 0 Å². The van der Waals surface area contributed by atoms with Crippen LogP contribution in [0.25, 0.3) is 0 Å². The van der Waals surface area contributed by atoms with E-state index >= 15 is 0 Å². The van der Waals surface area contributed by atoms with E-state index in [1.165, 1.54) is 12.8 Å². The molecule has 0 unspecified atom stereocenters. The van der Waals surface area contributed by atoms with Gasteiger partial charge in [-0.15, -0.1) is 0 Å². The van der Waals surface area contributed by atoms with Gasteiger partial charge in [-0.25, -0.2) is 4.79 Å². The molecule has 4 nitrogen and oxygen atoms in total. The van der Waals surface area contributed by atoms with E-state index in [2.05, 4.69) is 5.32 Å². The minimum atomic E-state index is -0.449. The Morgan fingerprint density at radius 3 is 2.42 bits per heavy atom. The van der Waals surface area contributed by atoms with E-state index < -0.39 is 6.03 Å². The van der Waals surface area contributed by atoms with Gasteiger partial charge >= 0.3 is 6.03 Å². The van der Waals surface area contributed by atoms with Crippen LogP contribution in [0.3, 0.4) is 0 Å². The lowest BCUT2D eigenvalue weighted by molar-refractivity contribution is 0.236. The van der Waals surface area contributed by atoms with E-state index in [0.717, 1.165) is 12.8 Å². The molecule has 0 aromatic carbocycles. The maximum absolute atomic E-state index is 10.5. The van der Waals surface area contributed by atoms with Crippen LogP contribution in [0.15, 0.2) is 0 Å². The Balaban J connectivity index is 2.39. The van der Waals surface area contributed by atoms with Crippen LogP contribution in [-0.4, -0.2) is 19.1 Å². The lowest BCUT2D eigenvalue weighted by Gasteiger charge is -2.26. The average Bonchev–Trinajstić information content (AvgIpc) is 2.50. The number of nitrogens with one attached hydrogen (secondary N) is 1. The number of urea groups is 1. The summed E-state index contributed by atoms with van der Waals surface area (Å²) in [6.07, 6.45) is 4.67. The van der Waals surface area contributed by atoms with E-state index in [9.17, 15) is 4.79 Å². The van der Waals surface area contributed by atoms with Gasteiger partial charge in [-0.05, 0) is 19.4 Å². The van der Waals surface area contributed by atoms with Crippen molar-refractivity contribution < 1.29 is 4.79 Å². The molecule has 0 aromatic rings. The molecule has 1 rings (SSSR count). The summed E-state index contributed by atoms with van der Waals surface area (Å²) in [5.74, 6) is 0. The minimum Gasteiger partial charge on any atom is -0.352 e. The first-order valence-corrected chi connectivity index (χ1v) is 4.42. The first-order valence-electron chi connectivity index (χ1n) is 4.42. The van der Waals surface area contributed by atoms with Gasteiger partial charge in [-0.1, -0.05) is 12.8 Å². The summed E-state index contributed by atoms with van der Waals surface area (Å²) in [5.41, 5.74) is 10.8. The average molecular weight is 171 g/mol. The van der Waals surface area contributed by atoms with E-state index in [4.69, 9.17) is 11.5 Å². The van der Waals surface area contributed by atoms with E-state index in [0.29, 0.717) is 13.1 Å². The Morgan fingerprint density at radius 2 is 2.00 bits per heavy atom. The van der Waals surface area contributed by atoms with Crippen LogP contribution in [-0.2, 0) is 0 Å². The predicted molar refractivity (Wildman–Crippen MR) is 47.5 cm³/mol. The van der Waals surface area contributed by atoms with Crippen molar-refractivity contribution in [3.05, 3.63) is 0 Å². The number of amides is 2. The largest absolute Gasteiger partial charge is 0.352 e. The number of carbonyl (C=O) groups is 1. The van der Waals surface area contributed by atoms with Crippen molar-refractivity contribution in [2.45, 2.75) is 25.7 Å². The Labute approximate surface area is 72.7 Å². The second kappa shape index (κ2) is 3.76. The zero-order chi connectivity index (χ0) is 9.03. The molecule has 4 heteroatoms. The molecule has 0 spiro atoms. The Kier molecular flexibility index (Phi) is 2.92. The second-order valence-corrected chi connectivity index (χ2v) is 3.63. The molecule has 0 atom stereocenters. The van der Waals surface area contributed by atoms with Gasteiger partial charge < -0.3 is 16.8 Å². The molecule has 1 aliphatic carbocycles. The SMILES string of the molecule is NCC1(CNC(N)=O)CCCC1. The third kappa shape index (κ3) is 2.11. The van der Waals surface area contributed by atoms with Crippen molar-refractivity contribution in [2.24, 2.45) is 16.9 Å². The normalized spacial score (nSPS) is 20.8. The van der Waals surface area contributed by atoms with Crippen LogP contribution in [0.2, 0.25) is 0 Å². The summed E-state index contributed by atoms with van der Waals surface area (Å²) in [6.45, 7) is 1.28. The van der Waals surface area contributed by atoms with Gasteiger partial charge in [0.1, 0.15) is 0 Å². The second-order valence-electron chi connectivity index (χ2n) is 3.63. The van der Waals surface area contributed by atoms with Crippen molar-refractivity contribution in [1.29, 1.82) is 0 Å². The molecule has 12 heavy (non-hydrogen) atoms. The summed E-state index contributed by atoms with van der Waals surface area (Å²) in [6, 6.07) is -0.449. The van der Waals surface area contributed by atoms with Gasteiger partial charge in [0, 0.05) is 12.0 Å². The van der Waals surface area contributed by atoms with Crippen molar-refractivity contribution in [3.63, 3.8) is 0 Å². The molecule has 0 aromatic heterocycles. The van der Waals surface area contributed by atoms with Crippen LogP contribution in [0, 0.1) is 5.41 Å². The number of primary amides is 1. The van der Waals surface area contributed by atoms with Gasteiger partial charge in [0.05, 0.1) is 0 Å². The van der Waals surface area contributed by atoms with Crippen molar-refractivity contribution in [3.8, 4) is 0 Å². The quantitative estimate of drug-likeness (QED) is 0.566. The molecule has 0 bridgehead atoms. The minimum absolute atomic E-state index is 0.134. The number of rotatable bonds is 3. The number of carbonyl (C=O) groups excluding carboxylic acids is 1. The topological polar surface area (TPSA) is 81.1 Å². The van der Waals surface area contributed by atoms with Crippen molar-refractivity contribution in [2.75, 3.05) is 13.1 Å². The molecule has 1 aliphatic rings. The lowest BCUT2D eigenvalue weighted by atomic mass is 9.86. The molecule has 0 radical (unpaired) electrons. The first kappa shape index (κ1) is 9.32. The highest BCUT2D eigenvalue weighted by molar-refractivity contribution is 5.71. The molecule has 1 saturated carbocycles. The van der Waals surface area contributed by atoms with E-state index in [1.807, 2.05) is 0 Å². The molecule has 5 N–H and O–H groups in total. The number of hydrogen-bond donors (Lipinski definition) is 3. The molecular formula is C8H17N3O. The van der Waals surface area contributed by atoms with Gasteiger partial charge in [0.2, 0.25) is 0 Å². The van der Waals surface area contributed by atoms with Crippen LogP contribution in [0.1, 0.15) is 25.7 Å². The molecule has 0 saturated heterocycles. The van der Waals surface area contributed by atoms with Gasteiger partial charge in [-0.3, -0.25) is 0 Å². The summed E-state index contributed by atoms with van der Waals surface area (Å²) in [4.78, 5) is 10.5. The fraction of sp³-hybridized carbons (Fsp3) is 0.875.